The van der Waals surface area contributed by atoms with Gasteiger partial charge in [0.1, 0.15) is 17.7 Å². The highest BCUT2D eigenvalue weighted by atomic mass is 16.3. The number of nitrogens with zero attached hydrogens (tertiary/aromatic N) is 7. The van der Waals surface area contributed by atoms with Crippen molar-refractivity contribution in [2.75, 3.05) is 62.2 Å². The summed E-state index contributed by atoms with van der Waals surface area (Å²) in [6.07, 6.45) is 6.23. The third-order valence-corrected chi connectivity index (χ3v) is 9.33. The van der Waals surface area contributed by atoms with Crippen LogP contribution >= 0.6 is 0 Å². The van der Waals surface area contributed by atoms with Crippen LogP contribution in [0.4, 0.5) is 11.5 Å². The summed E-state index contributed by atoms with van der Waals surface area (Å²) in [5, 5.41) is 12.0. The summed E-state index contributed by atoms with van der Waals surface area (Å²) in [5.41, 5.74) is 3.49. The lowest BCUT2D eigenvalue weighted by atomic mass is 10.0. The first kappa shape index (κ1) is 29.1. The molecule has 2 atom stereocenters. The molecule has 0 spiro atoms. The van der Waals surface area contributed by atoms with E-state index in [0.29, 0.717) is 32.2 Å². The molecule has 9 nitrogen and oxygen atoms in total. The third-order valence-electron chi connectivity index (χ3n) is 9.33. The van der Waals surface area contributed by atoms with Crippen LogP contribution in [0.1, 0.15) is 36.3 Å². The predicted molar refractivity (Wildman–Crippen MR) is 170 cm³/mol. The fourth-order valence-electron chi connectivity index (χ4n) is 7.18. The van der Waals surface area contributed by atoms with Crippen molar-refractivity contribution in [1.82, 2.24) is 19.8 Å². The topological polar surface area (TPSA) is 80.4 Å². The molecule has 0 aliphatic carbocycles. The van der Waals surface area contributed by atoms with Crippen LogP contribution in [0.3, 0.4) is 0 Å². The van der Waals surface area contributed by atoms with Gasteiger partial charge in [-0.3, -0.25) is 9.69 Å². The van der Waals surface area contributed by atoms with Gasteiger partial charge in [0.2, 0.25) is 12.5 Å². The molecule has 2 fully saturated rings. The molecular formula is C34H41N7O2. The number of aliphatic hydroxyl groups excluding tert-OH is 1. The van der Waals surface area contributed by atoms with E-state index in [2.05, 4.69) is 68.6 Å². The van der Waals surface area contributed by atoms with Crippen LogP contribution in [0.2, 0.25) is 0 Å². The van der Waals surface area contributed by atoms with Gasteiger partial charge in [0.25, 0.3) is 0 Å². The van der Waals surface area contributed by atoms with Crippen LogP contribution in [-0.4, -0.2) is 95.3 Å². The number of aromatic nitrogens is 2. The number of hydrogen-bond donors (Lipinski definition) is 1. The van der Waals surface area contributed by atoms with Gasteiger partial charge in [-0.15, -0.1) is 0 Å². The minimum atomic E-state index is -0.202. The van der Waals surface area contributed by atoms with E-state index < -0.39 is 0 Å². The number of carbonyl (C=O) groups is 1. The Kier molecular flexibility index (Phi) is 8.87. The van der Waals surface area contributed by atoms with Crippen molar-refractivity contribution in [3.8, 4) is 0 Å². The Morgan fingerprint density at radius 3 is 2.77 bits per heavy atom. The standard InChI is InChI=1S/C34H41N7O2/c1-3-33(43)41-19-18-40(23-27(41)22-35-2)34-29-15-17-39(31-12-6-9-25-8-4-5-11-28(25)31)24-30(29)36-32(37-34)14-13-26-10-7-16-38(26)20-21-42/h3-6,8-9,11-12,26-27,42H,1,7,10,13-24H2/t26-,27?/m1/s1. The van der Waals surface area contributed by atoms with Crippen LogP contribution in [0.15, 0.2) is 55.1 Å². The molecule has 3 aliphatic rings. The molecule has 1 N–H and O–H groups in total. The normalized spacial score (nSPS) is 20.7. The minimum absolute atomic E-state index is 0.117. The Morgan fingerprint density at radius 1 is 1.07 bits per heavy atom. The third kappa shape index (κ3) is 6.08. The number of amides is 1. The molecule has 0 radical (unpaired) electrons. The van der Waals surface area contributed by atoms with E-state index in [9.17, 15) is 9.90 Å². The summed E-state index contributed by atoms with van der Waals surface area (Å²) in [6.45, 7) is 16.8. The van der Waals surface area contributed by atoms with Crippen molar-refractivity contribution in [1.29, 1.82) is 0 Å². The molecule has 1 unspecified atom stereocenters. The molecule has 3 aromatic rings. The monoisotopic (exact) mass is 579 g/mol. The van der Waals surface area contributed by atoms with Gasteiger partial charge in [-0.2, -0.15) is 0 Å². The van der Waals surface area contributed by atoms with Gasteiger partial charge in [0, 0.05) is 61.8 Å². The molecule has 1 aromatic heterocycles. The zero-order valence-electron chi connectivity index (χ0n) is 24.9. The number of likely N-dealkylation sites (tertiary alicyclic amines) is 1. The summed E-state index contributed by atoms with van der Waals surface area (Å²) in [6, 6.07) is 15.3. The fourth-order valence-corrected chi connectivity index (χ4v) is 7.18. The number of hydrogen-bond acceptors (Lipinski definition) is 7. The average Bonchev–Trinajstić information content (AvgIpc) is 3.49. The van der Waals surface area contributed by atoms with Gasteiger partial charge in [-0.05, 0) is 49.8 Å². The van der Waals surface area contributed by atoms with Gasteiger partial charge in [0.05, 0.1) is 18.8 Å². The van der Waals surface area contributed by atoms with Crippen molar-refractivity contribution in [3.63, 3.8) is 0 Å². The average molecular weight is 580 g/mol. The largest absolute Gasteiger partial charge is 0.395 e. The summed E-state index contributed by atoms with van der Waals surface area (Å²) >= 11 is 0. The van der Waals surface area contributed by atoms with E-state index in [1.807, 2.05) is 0 Å². The number of β-amino-alcohol motifs (C(OH)–C–C–N with tert-alkyl or cyclic N) is 1. The molecule has 1 amide bonds. The van der Waals surface area contributed by atoms with E-state index in [1.54, 1.807) is 4.90 Å². The van der Waals surface area contributed by atoms with Gasteiger partial charge < -0.3 is 24.7 Å². The fraction of sp³-hybridized carbons (Fsp3) is 0.471. The molecule has 6 rings (SSSR count). The maximum absolute atomic E-state index is 12.6. The Bertz CT molecular complexity index is 1510. The molecule has 224 valence electrons. The summed E-state index contributed by atoms with van der Waals surface area (Å²) in [5.74, 6) is 1.71. The summed E-state index contributed by atoms with van der Waals surface area (Å²) < 4.78 is 0. The lowest BCUT2D eigenvalue weighted by molar-refractivity contribution is -0.128. The van der Waals surface area contributed by atoms with E-state index >= 15 is 0 Å². The van der Waals surface area contributed by atoms with Gasteiger partial charge in [0.15, 0.2) is 0 Å². The zero-order chi connectivity index (χ0) is 29.8. The second-order valence-corrected chi connectivity index (χ2v) is 11.8. The van der Waals surface area contributed by atoms with Crippen molar-refractivity contribution in [2.45, 2.75) is 50.7 Å². The Labute approximate surface area is 254 Å². The van der Waals surface area contributed by atoms with Crippen LogP contribution in [0.25, 0.3) is 15.6 Å². The van der Waals surface area contributed by atoms with Crippen LogP contribution in [-0.2, 0) is 24.2 Å². The molecule has 2 saturated heterocycles. The van der Waals surface area contributed by atoms with Crippen molar-refractivity contribution >= 4 is 28.2 Å². The number of carbonyl (C=O) groups excluding carboxylic acids is 1. The van der Waals surface area contributed by atoms with Crippen LogP contribution in [0, 0.1) is 6.57 Å². The molecule has 3 aliphatic heterocycles. The molecular weight excluding hydrogens is 538 g/mol. The Hall–Kier alpha value is -4.00. The lowest BCUT2D eigenvalue weighted by Crippen LogP contribution is -2.56. The van der Waals surface area contributed by atoms with Gasteiger partial charge >= 0.3 is 0 Å². The number of fused-ring (bicyclic) bond motifs is 2. The number of rotatable bonds is 9. The number of benzene rings is 2. The predicted octanol–water partition coefficient (Wildman–Crippen LogP) is 3.70. The Morgan fingerprint density at radius 2 is 1.93 bits per heavy atom. The second-order valence-electron chi connectivity index (χ2n) is 11.8. The van der Waals surface area contributed by atoms with Crippen molar-refractivity contribution in [3.05, 3.63) is 83.6 Å². The number of aliphatic hydroxyl groups is 1. The van der Waals surface area contributed by atoms with Gasteiger partial charge in [-0.25, -0.2) is 16.5 Å². The Balaban J connectivity index is 1.32. The molecule has 0 saturated carbocycles. The highest BCUT2D eigenvalue weighted by Gasteiger charge is 2.35. The highest BCUT2D eigenvalue weighted by molar-refractivity contribution is 5.94. The SMILES string of the molecule is [C-]#[N+]CC1CN(c2nc(CC[C@H]3CCCN3CCO)nc3c2CCN(c2cccc4ccccc24)C3)CCN1C(=O)C=C. The molecule has 9 heteroatoms. The first-order valence-corrected chi connectivity index (χ1v) is 15.6. The van der Waals surface area contributed by atoms with E-state index in [1.165, 1.54) is 28.1 Å². The van der Waals surface area contributed by atoms with E-state index in [4.69, 9.17) is 16.5 Å². The molecule has 43 heavy (non-hydrogen) atoms. The first-order chi connectivity index (χ1) is 21.1. The van der Waals surface area contributed by atoms with Crippen LogP contribution < -0.4 is 9.80 Å². The minimum Gasteiger partial charge on any atom is -0.395 e. The smallest absolute Gasteiger partial charge is 0.246 e. The molecule has 2 aromatic carbocycles. The highest BCUT2D eigenvalue weighted by Crippen LogP contribution is 2.34. The number of piperazine rings is 1. The summed E-state index contributed by atoms with van der Waals surface area (Å²) in [7, 11) is 0. The zero-order valence-corrected chi connectivity index (χ0v) is 24.9. The van der Waals surface area contributed by atoms with Crippen molar-refractivity contribution < 1.29 is 9.90 Å². The number of anilines is 2. The van der Waals surface area contributed by atoms with E-state index in [0.717, 1.165) is 69.1 Å². The maximum Gasteiger partial charge on any atom is 0.246 e. The quantitative estimate of drug-likeness (QED) is 0.306. The van der Waals surface area contributed by atoms with Crippen LogP contribution in [0.5, 0.6) is 0 Å². The van der Waals surface area contributed by atoms with Crippen molar-refractivity contribution in [2.24, 2.45) is 0 Å². The molecule has 4 heterocycles. The van der Waals surface area contributed by atoms with E-state index in [-0.39, 0.29) is 25.1 Å². The van der Waals surface area contributed by atoms with Gasteiger partial charge in [-0.1, -0.05) is 43.0 Å². The summed E-state index contributed by atoms with van der Waals surface area (Å²) in [4.78, 5) is 35.5. The lowest BCUT2D eigenvalue weighted by Gasteiger charge is -2.41. The number of aryl methyl sites for hydroxylation is 1. The maximum atomic E-state index is 12.6. The second kappa shape index (κ2) is 13.1. The first-order valence-electron chi connectivity index (χ1n) is 15.6. The molecule has 0 bridgehead atoms.